The van der Waals surface area contributed by atoms with Gasteiger partial charge in [0, 0.05) is 26.7 Å². The van der Waals surface area contributed by atoms with Crippen molar-refractivity contribution >= 4 is 33.1 Å². The van der Waals surface area contributed by atoms with Gasteiger partial charge in [0.2, 0.25) is 0 Å². The second-order valence-corrected chi connectivity index (χ2v) is 6.65. The molecule has 1 saturated heterocycles. The number of hydrogen-bond acceptors (Lipinski definition) is 5. The first kappa shape index (κ1) is 14.3. The highest BCUT2D eigenvalue weighted by atomic mass is 32.1. The standard InChI is InChI=1S/C14H20N4O2S/c1-8-10-11(15)12(21-14(10)17(2)16-8)13(20)18-5-3-9(7-18)4-6-19/h9,19H,3-7,15H2,1-2H3. The summed E-state index contributed by atoms with van der Waals surface area (Å²) in [4.78, 5) is 16.1. The van der Waals surface area contributed by atoms with E-state index in [9.17, 15) is 4.79 Å². The Labute approximate surface area is 127 Å². The molecule has 0 aromatic carbocycles. The quantitative estimate of drug-likeness (QED) is 0.897. The molecule has 1 amide bonds. The van der Waals surface area contributed by atoms with E-state index in [0.29, 0.717) is 23.0 Å². The van der Waals surface area contributed by atoms with Crippen LogP contribution in [0.15, 0.2) is 0 Å². The Bertz CT molecular complexity index is 691. The Balaban J connectivity index is 1.89. The molecule has 1 unspecified atom stereocenters. The predicted molar refractivity (Wildman–Crippen MR) is 83.5 cm³/mol. The molecule has 21 heavy (non-hydrogen) atoms. The normalized spacial score (nSPS) is 18.8. The molecule has 3 rings (SSSR count). The summed E-state index contributed by atoms with van der Waals surface area (Å²) < 4.78 is 1.78. The minimum Gasteiger partial charge on any atom is -0.397 e. The lowest BCUT2D eigenvalue weighted by atomic mass is 10.1. The van der Waals surface area contributed by atoms with Crippen molar-refractivity contribution in [2.75, 3.05) is 25.4 Å². The van der Waals surface area contributed by atoms with Crippen molar-refractivity contribution in [1.29, 1.82) is 0 Å². The third-order valence-electron chi connectivity index (χ3n) is 4.19. The number of thiophene rings is 1. The van der Waals surface area contributed by atoms with Crippen LogP contribution < -0.4 is 5.73 Å². The minimum absolute atomic E-state index is 0.00791. The third kappa shape index (κ3) is 2.30. The van der Waals surface area contributed by atoms with Gasteiger partial charge in [-0.2, -0.15) is 5.10 Å². The average molecular weight is 308 g/mol. The first-order chi connectivity index (χ1) is 10.0. The Kier molecular flexibility index (Phi) is 3.62. The number of amides is 1. The van der Waals surface area contributed by atoms with E-state index in [2.05, 4.69) is 5.10 Å². The van der Waals surface area contributed by atoms with Crippen LogP contribution in [-0.2, 0) is 7.05 Å². The second-order valence-electron chi connectivity index (χ2n) is 5.65. The monoisotopic (exact) mass is 308 g/mol. The van der Waals surface area contributed by atoms with Gasteiger partial charge in [0.1, 0.15) is 9.71 Å². The van der Waals surface area contributed by atoms with Crippen molar-refractivity contribution in [3.05, 3.63) is 10.6 Å². The number of aromatic nitrogens is 2. The number of likely N-dealkylation sites (tertiary alicyclic amines) is 1. The van der Waals surface area contributed by atoms with Crippen LogP contribution >= 0.6 is 11.3 Å². The summed E-state index contributed by atoms with van der Waals surface area (Å²) in [5.41, 5.74) is 7.60. The van der Waals surface area contributed by atoms with E-state index in [1.54, 1.807) is 4.68 Å². The van der Waals surface area contributed by atoms with Gasteiger partial charge < -0.3 is 15.7 Å². The first-order valence-electron chi connectivity index (χ1n) is 7.14. The number of carbonyl (C=O) groups excluding carboxylic acids is 1. The van der Waals surface area contributed by atoms with Crippen molar-refractivity contribution in [2.24, 2.45) is 13.0 Å². The molecule has 2 aromatic heterocycles. The maximum atomic E-state index is 12.7. The molecule has 0 radical (unpaired) electrons. The van der Waals surface area contributed by atoms with E-state index < -0.39 is 0 Å². The molecule has 0 bridgehead atoms. The molecule has 6 nitrogen and oxygen atoms in total. The van der Waals surface area contributed by atoms with Crippen LogP contribution in [0.4, 0.5) is 5.69 Å². The Morgan fingerprint density at radius 1 is 1.57 bits per heavy atom. The van der Waals surface area contributed by atoms with Crippen molar-refractivity contribution < 1.29 is 9.90 Å². The number of rotatable bonds is 3. The zero-order chi connectivity index (χ0) is 15.1. The Hall–Kier alpha value is -1.60. The molecule has 0 saturated carbocycles. The number of nitrogens with zero attached hydrogens (tertiary/aromatic N) is 3. The molecule has 1 atom stereocenters. The van der Waals surface area contributed by atoms with Gasteiger partial charge in [0.25, 0.3) is 5.91 Å². The van der Waals surface area contributed by atoms with E-state index in [-0.39, 0.29) is 12.5 Å². The van der Waals surface area contributed by atoms with E-state index in [1.165, 1.54) is 11.3 Å². The molecule has 3 N–H and O–H groups in total. The SMILES string of the molecule is Cc1nn(C)c2sc(C(=O)N3CCC(CCO)C3)c(N)c12. The topological polar surface area (TPSA) is 84.4 Å². The molecular formula is C14H20N4O2S. The third-order valence-corrected chi connectivity index (χ3v) is 5.45. The molecule has 1 fully saturated rings. The summed E-state index contributed by atoms with van der Waals surface area (Å²) in [5, 5.41) is 14.2. The van der Waals surface area contributed by atoms with Crippen molar-refractivity contribution in [2.45, 2.75) is 19.8 Å². The van der Waals surface area contributed by atoms with Gasteiger partial charge in [-0.15, -0.1) is 11.3 Å². The van der Waals surface area contributed by atoms with Gasteiger partial charge in [-0.1, -0.05) is 0 Å². The van der Waals surface area contributed by atoms with Crippen molar-refractivity contribution in [1.82, 2.24) is 14.7 Å². The summed E-state index contributed by atoms with van der Waals surface area (Å²) in [5.74, 6) is 0.409. The number of fused-ring (bicyclic) bond motifs is 1. The maximum Gasteiger partial charge on any atom is 0.266 e. The number of hydrogen-bond donors (Lipinski definition) is 2. The fourth-order valence-electron chi connectivity index (χ4n) is 3.07. The van der Waals surface area contributed by atoms with Crippen molar-refractivity contribution in [3.63, 3.8) is 0 Å². The number of carbonyl (C=O) groups is 1. The molecule has 1 aliphatic heterocycles. The van der Waals surface area contributed by atoms with Gasteiger partial charge >= 0.3 is 0 Å². The Morgan fingerprint density at radius 2 is 2.33 bits per heavy atom. The number of aryl methyl sites for hydroxylation is 2. The molecule has 0 spiro atoms. The fourth-order valence-corrected chi connectivity index (χ4v) is 4.22. The van der Waals surface area contributed by atoms with E-state index in [1.807, 2.05) is 18.9 Å². The van der Waals surface area contributed by atoms with Gasteiger partial charge in [-0.3, -0.25) is 9.48 Å². The molecular weight excluding hydrogens is 288 g/mol. The molecule has 1 aliphatic rings. The summed E-state index contributed by atoms with van der Waals surface area (Å²) in [6, 6.07) is 0. The lowest BCUT2D eigenvalue weighted by molar-refractivity contribution is 0.0790. The lowest BCUT2D eigenvalue weighted by Crippen LogP contribution is -2.28. The number of aliphatic hydroxyl groups excluding tert-OH is 1. The molecule has 0 aliphatic carbocycles. The van der Waals surface area contributed by atoms with Crippen LogP contribution in [0.25, 0.3) is 10.2 Å². The minimum atomic E-state index is 0.00791. The highest BCUT2D eigenvalue weighted by molar-refractivity contribution is 7.21. The van der Waals surface area contributed by atoms with Gasteiger partial charge in [-0.25, -0.2) is 0 Å². The van der Waals surface area contributed by atoms with Crippen molar-refractivity contribution in [3.8, 4) is 0 Å². The molecule has 3 heterocycles. The van der Waals surface area contributed by atoms with Gasteiger partial charge in [0.05, 0.1) is 16.8 Å². The van der Waals surface area contributed by atoms with E-state index >= 15 is 0 Å². The molecule has 2 aromatic rings. The number of anilines is 1. The van der Waals surface area contributed by atoms with E-state index in [0.717, 1.165) is 35.3 Å². The van der Waals surface area contributed by atoms with Crippen LogP contribution in [0.3, 0.4) is 0 Å². The molecule has 114 valence electrons. The second kappa shape index (κ2) is 5.31. The van der Waals surface area contributed by atoms with Crippen LogP contribution in [0, 0.1) is 12.8 Å². The molecule has 7 heteroatoms. The zero-order valence-electron chi connectivity index (χ0n) is 12.3. The largest absolute Gasteiger partial charge is 0.397 e. The summed E-state index contributed by atoms with van der Waals surface area (Å²) in [6.07, 6.45) is 1.71. The van der Waals surface area contributed by atoms with E-state index in [4.69, 9.17) is 10.8 Å². The average Bonchev–Trinajstić information content (AvgIpc) is 3.09. The maximum absolute atomic E-state index is 12.7. The predicted octanol–water partition coefficient (Wildman–Crippen LogP) is 1.37. The summed E-state index contributed by atoms with van der Waals surface area (Å²) in [6.45, 7) is 3.55. The smallest absolute Gasteiger partial charge is 0.266 e. The van der Waals surface area contributed by atoms with Crippen LogP contribution in [0.5, 0.6) is 0 Å². The highest BCUT2D eigenvalue weighted by Crippen LogP contribution is 2.37. The Morgan fingerprint density at radius 3 is 3.00 bits per heavy atom. The number of aliphatic hydroxyl groups is 1. The fraction of sp³-hybridized carbons (Fsp3) is 0.571. The van der Waals surface area contributed by atoms with Crippen LogP contribution in [-0.4, -0.2) is 45.4 Å². The first-order valence-corrected chi connectivity index (χ1v) is 7.96. The zero-order valence-corrected chi connectivity index (χ0v) is 13.1. The summed E-state index contributed by atoms with van der Waals surface area (Å²) >= 11 is 1.42. The van der Waals surface area contributed by atoms with Crippen LogP contribution in [0.2, 0.25) is 0 Å². The number of nitrogens with two attached hydrogens (primary N) is 1. The highest BCUT2D eigenvalue weighted by Gasteiger charge is 2.30. The van der Waals surface area contributed by atoms with Crippen LogP contribution in [0.1, 0.15) is 28.2 Å². The lowest BCUT2D eigenvalue weighted by Gasteiger charge is -2.15. The number of nitrogen functional groups attached to an aromatic ring is 1. The van der Waals surface area contributed by atoms with Gasteiger partial charge in [-0.05, 0) is 25.7 Å². The summed E-state index contributed by atoms with van der Waals surface area (Å²) in [7, 11) is 1.87. The van der Waals surface area contributed by atoms with Gasteiger partial charge in [0.15, 0.2) is 0 Å².